The fraction of sp³-hybridized carbons (Fsp3) is 0.615. The van der Waals surface area contributed by atoms with Gasteiger partial charge in [-0.3, -0.25) is 4.68 Å². The summed E-state index contributed by atoms with van der Waals surface area (Å²) in [5.74, 6) is 0.697. The second-order valence-corrected chi connectivity index (χ2v) is 4.88. The van der Waals surface area contributed by atoms with E-state index in [2.05, 4.69) is 41.4 Å². The van der Waals surface area contributed by atoms with Crippen molar-refractivity contribution in [2.75, 3.05) is 5.32 Å². The van der Waals surface area contributed by atoms with Crippen molar-refractivity contribution in [3.8, 4) is 0 Å². The summed E-state index contributed by atoms with van der Waals surface area (Å²) in [6.45, 7) is 6.98. The van der Waals surface area contributed by atoms with E-state index in [0.29, 0.717) is 24.5 Å². The lowest BCUT2D eigenvalue weighted by Gasteiger charge is -2.03. The fourth-order valence-corrected chi connectivity index (χ4v) is 1.68. The molecule has 0 saturated carbocycles. The van der Waals surface area contributed by atoms with Crippen LogP contribution in [0.4, 0.5) is 6.01 Å². The van der Waals surface area contributed by atoms with Crippen LogP contribution in [0.1, 0.15) is 51.1 Å². The fourth-order valence-electron chi connectivity index (χ4n) is 1.68. The van der Waals surface area contributed by atoms with E-state index in [4.69, 9.17) is 4.42 Å². The van der Waals surface area contributed by atoms with Crippen LogP contribution in [0.5, 0.6) is 0 Å². The summed E-state index contributed by atoms with van der Waals surface area (Å²) in [4.78, 5) is 0. The van der Waals surface area contributed by atoms with Crippen LogP contribution in [0.2, 0.25) is 0 Å². The van der Waals surface area contributed by atoms with Gasteiger partial charge in [-0.05, 0) is 20.3 Å². The summed E-state index contributed by atoms with van der Waals surface area (Å²) in [7, 11) is 0. The molecular formula is C13H21N5O. The van der Waals surface area contributed by atoms with E-state index < -0.39 is 0 Å². The maximum Gasteiger partial charge on any atom is 0.315 e. The highest BCUT2D eigenvalue weighted by molar-refractivity contribution is 5.20. The second kappa shape index (κ2) is 6.36. The molecule has 104 valence electrons. The summed E-state index contributed by atoms with van der Waals surface area (Å²) in [5, 5.41) is 15.4. The number of nitrogens with one attached hydrogen (secondary N) is 1. The van der Waals surface area contributed by atoms with Crippen molar-refractivity contribution in [1.29, 1.82) is 0 Å². The molecule has 0 spiro atoms. The van der Waals surface area contributed by atoms with Crippen molar-refractivity contribution in [2.24, 2.45) is 0 Å². The predicted octanol–water partition coefficient (Wildman–Crippen LogP) is 2.80. The Balaban J connectivity index is 1.85. The zero-order valence-electron chi connectivity index (χ0n) is 11.8. The van der Waals surface area contributed by atoms with Crippen LogP contribution in [0, 0.1) is 0 Å². The van der Waals surface area contributed by atoms with E-state index in [1.807, 2.05) is 17.1 Å². The molecule has 0 bridgehead atoms. The molecule has 2 aromatic rings. The van der Waals surface area contributed by atoms with Gasteiger partial charge < -0.3 is 9.73 Å². The van der Waals surface area contributed by atoms with Gasteiger partial charge in [0.15, 0.2) is 0 Å². The molecule has 0 atom stereocenters. The predicted molar refractivity (Wildman–Crippen MR) is 72.8 cm³/mol. The van der Waals surface area contributed by atoms with Crippen molar-refractivity contribution in [3.63, 3.8) is 0 Å². The first-order chi connectivity index (χ1) is 9.19. The summed E-state index contributed by atoms with van der Waals surface area (Å²) in [5.41, 5.74) is 1.10. The number of rotatable bonds is 7. The number of nitrogens with zero attached hydrogens (tertiary/aromatic N) is 4. The highest BCUT2D eigenvalue weighted by Crippen LogP contribution is 2.11. The third-order valence-corrected chi connectivity index (χ3v) is 2.84. The zero-order chi connectivity index (χ0) is 13.7. The Morgan fingerprint density at radius 1 is 1.37 bits per heavy atom. The van der Waals surface area contributed by atoms with Crippen molar-refractivity contribution >= 4 is 6.01 Å². The monoisotopic (exact) mass is 263 g/mol. The van der Waals surface area contributed by atoms with Crippen LogP contribution < -0.4 is 5.32 Å². The first-order valence-corrected chi connectivity index (χ1v) is 6.78. The van der Waals surface area contributed by atoms with Gasteiger partial charge in [0.1, 0.15) is 0 Å². The highest BCUT2D eigenvalue weighted by Gasteiger charge is 2.06. The molecule has 19 heavy (non-hydrogen) atoms. The van der Waals surface area contributed by atoms with E-state index in [1.165, 1.54) is 0 Å². The third kappa shape index (κ3) is 3.81. The molecule has 0 aromatic carbocycles. The molecule has 1 N–H and O–H groups in total. The molecule has 0 saturated heterocycles. The minimum Gasteiger partial charge on any atom is -0.408 e. The standard InChI is InChI=1S/C13H21N5O/c1-4-5-6-12-16-17-13(19-12)14-7-11-8-15-18(9-11)10(2)3/h8-10H,4-7H2,1-3H3,(H,14,17). The van der Waals surface area contributed by atoms with Crippen LogP contribution >= 0.6 is 0 Å². The topological polar surface area (TPSA) is 68.8 Å². The van der Waals surface area contributed by atoms with Gasteiger partial charge in [-0.2, -0.15) is 5.10 Å². The Morgan fingerprint density at radius 2 is 2.21 bits per heavy atom. The van der Waals surface area contributed by atoms with E-state index in [1.54, 1.807) is 0 Å². The Bertz CT molecular complexity index is 503. The summed E-state index contributed by atoms with van der Waals surface area (Å²) < 4.78 is 7.43. The number of hydrogen-bond donors (Lipinski definition) is 1. The average molecular weight is 263 g/mol. The van der Waals surface area contributed by atoms with Gasteiger partial charge in [0.05, 0.1) is 6.20 Å². The van der Waals surface area contributed by atoms with Gasteiger partial charge in [-0.25, -0.2) is 0 Å². The van der Waals surface area contributed by atoms with Crippen molar-refractivity contribution in [2.45, 2.75) is 52.6 Å². The van der Waals surface area contributed by atoms with Gasteiger partial charge in [0.2, 0.25) is 5.89 Å². The van der Waals surface area contributed by atoms with Crippen LogP contribution in [-0.4, -0.2) is 20.0 Å². The Kier molecular flexibility index (Phi) is 4.54. The molecule has 0 aliphatic heterocycles. The lowest BCUT2D eigenvalue weighted by molar-refractivity contribution is 0.495. The van der Waals surface area contributed by atoms with Gasteiger partial charge in [-0.15, -0.1) is 5.10 Å². The zero-order valence-corrected chi connectivity index (χ0v) is 11.8. The Labute approximate surface area is 113 Å². The number of aryl methyl sites for hydroxylation is 1. The summed E-state index contributed by atoms with van der Waals surface area (Å²) in [6, 6.07) is 0.848. The summed E-state index contributed by atoms with van der Waals surface area (Å²) >= 11 is 0. The highest BCUT2D eigenvalue weighted by atomic mass is 16.4. The number of unbranched alkanes of at least 4 members (excludes halogenated alkanes) is 1. The van der Waals surface area contributed by atoms with Crippen LogP contribution in [0.15, 0.2) is 16.8 Å². The molecule has 2 aromatic heterocycles. The minimum atomic E-state index is 0.373. The number of hydrogen-bond acceptors (Lipinski definition) is 5. The third-order valence-electron chi connectivity index (χ3n) is 2.84. The molecule has 6 heteroatoms. The number of anilines is 1. The minimum absolute atomic E-state index is 0.373. The van der Waals surface area contributed by atoms with Gasteiger partial charge in [0, 0.05) is 30.8 Å². The van der Waals surface area contributed by atoms with E-state index in [9.17, 15) is 0 Å². The molecule has 6 nitrogen and oxygen atoms in total. The molecule has 0 unspecified atom stereocenters. The van der Waals surface area contributed by atoms with E-state index >= 15 is 0 Å². The molecule has 0 aliphatic rings. The Hall–Kier alpha value is -1.85. The first-order valence-electron chi connectivity index (χ1n) is 6.78. The van der Waals surface area contributed by atoms with Crippen molar-refractivity contribution < 1.29 is 4.42 Å². The molecule has 2 rings (SSSR count). The lowest BCUT2D eigenvalue weighted by Crippen LogP contribution is -2.01. The molecule has 0 fully saturated rings. The molecule has 2 heterocycles. The lowest BCUT2D eigenvalue weighted by atomic mass is 10.2. The second-order valence-electron chi connectivity index (χ2n) is 4.88. The smallest absolute Gasteiger partial charge is 0.315 e. The van der Waals surface area contributed by atoms with Crippen LogP contribution in [0.3, 0.4) is 0 Å². The van der Waals surface area contributed by atoms with Crippen LogP contribution in [0.25, 0.3) is 0 Å². The normalized spacial score (nSPS) is 11.2. The maximum absolute atomic E-state index is 5.50. The van der Waals surface area contributed by atoms with E-state index in [-0.39, 0.29) is 0 Å². The maximum atomic E-state index is 5.50. The van der Waals surface area contributed by atoms with Gasteiger partial charge >= 0.3 is 6.01 Å². The molecule has 0 aliphatic carbocycles. The van der Waals surface area contributed by atoms with Crippen molar-refractivity contribution in [1.82, 2.24) is 20.0 Å². The van der Waals surface area contributed by atoms with E-state index in [0.717, 1.165) is 24.8 Å². The van der Waals surface area contributed by atoms with Gasteiger partial charge in [-0.1, -0.05) is 18.4 Å². The van der Waals surface area contributed by atoms with Gasteiger partial charge in [0.25, 0.3) is 0 Å². The SMILES string of the molecule is CCCCc1nnc(NCc2cnn(C(C)C)c2)o1. The molecule has 0 amide bonds. The summed E-state index contributed by atoms with van der Waals surface area (Å²) in [6.07, 6.45) is 6.91. The molecule has 0 radical (unpaired) electrons. The first kappa shape index (κ1) is 13.6. The van der Waals surface area contributed by atoms with Crippen molar-refractivity contribution in [3.05, 3.63) is 23.8 Å². The largest absolute Gasteiger partial charge is 0.408 e. The Morgan fingerprint density at radius 3 is 2.89 bits per heavy atom. The quantitative estimate of drug-likeness (QED) is 0.831. The number of aromatic nitrogens is 4. The van der Waals surface area contributed by atoms with Crippen LogP contribution in [-0.2, 0) is 13.0 Å². The average Bonchev–Trinajstić information content (AvgIpc) is 3.03. The molecular weight excluding hydrogens is 242 g/mol.